The van der Waals surface area contributed by atoms with Gasteiger partial charge in [0.05, 0.1) is 10.6 Å². The van der Waals surface area contributed by atoms with Crippen molar-refractivity contribution in [3.05, 3.63) is 44.9 Å². The molecule has 1 aromatic carbocycles. The van der Waals surface area contributed by atoms with Gasteiger partial charge in [-0.15, -0.1) is 11.3 Å². The Labute approximate surface area is 172 Å². The molecule has 2 amide bonds. The molecule has 2 heterocycles. The van der Waals surface area contributed by atoms with Crippen LogP contribution in [0.3, 0.4) is 0 Å². The molecule has 1 saturated heterocycles. The Morgan fingerprint density at radius 2 is 1.89 bits per heavy atom. The predicted octanol–water partition coefficient (Wildman–Crippen LogP) is 3.87. The number of carbonyl (C=O) groups is 2. The Kier molecular flexibility index (Phi) is 6.37. The zero-order valence-corrected chi connectivity index (χ0v) is 17.4. The highest BCUT2D eigenvalue weighted by molar-refractivity contribution is 7.14. The predicted molar refractivity (Wildman–Crippen MR) is 109 cm³/mol. The van der Waals surface area contributed by atoms with Crippen LogP contribution >= 0.6 is 34.5 Å². The van der Waals surface area contributed by atoms with E-state index in [1.165, 1.54) is 17.4 Å². The van der Waals surface area contributed by atoms with E-state index in [1.807, 2.05) is 0 Å². The second-order valence-corrected chi connectivity index (χ2v) is 8.24. The van der Waals surface area contributed by atoms with Crippen molar-refractivity contribution in [2.75, 3.05) is 31.5 Å². The van der Waals surface area contributed by atoms with Crippen LogP contribution in [0.25, 0.3) is 0 Å². The fraction of sp³-hybridized carbons (Fsp3) is 0.389. The second-order valence-electron chi connectivity index (χ2n) is 6.54. The van der Waals surface area contributed by atoms with Crippen molar-refractivity contribution in [3.63, 3.8) is 0 Å². The topological polar surface area (TPSA) is 65.5 Å². The molecule has 0 aliphatic carbocycles. The number of hydrogen-bond acceptors (Lipinski definition) is 5. The smallest absolute Gasteiger partial charge is 0.273 e. The standard InChI is InChI=1S/C18H20Cl2N4O2S/c1-11(2)23-5-7-24(8-6-23)17(26)15-10-27-18(21-15)22-16(25)13-4-3-12(19)9-14(13)20/h3-4,9-11H,5-8H2,1-2H3,(H,21,22,25). The molecule has 1 aliphatic rings. The van der Waals surface area contributed by atoms with Gasteiger partial charge in [-0.3, -0.25) is 19.8 Å². The molecule has 1 aliphatic heterocycles. The van der Waals surface area contributed by atoms with Gasteiger partial charge in [0.1, 0.15) is 5.69 Å². The number of rotatable bonds is 4. The Balaban J connectivity index is 1.63. The van der Waals surface area contributed by atoms with Gasteiger partial charge in [0.25, 0.3) is 11.8 Å². The fourth-order valence-electron chi connectivity index (χ4n) is 2.87. The van der Waals surface area contributed by atoms with Crippen LogP contribution in [0.1, 0.15) is 34.7 Å². The van der Waals surface area contributed by atoms with Gasteiger partial charge in [0, 0.05) is 42.6 Å². The molecule has 0 unspecified atom stereocenters. The maximum absolute atomic E-state index is 12.6. The van der Waals surface area contributed by atoms with Gasteiger partial charge < -0.3 is 4.90 Å². The van der Waals surface area contributed by atoms with Crippen molar-refractivity contribution in [2.24, 2.45) is 0 Å². The summed E-state index contributed by atoms with van der Waals surface area (Å²) < 4.78 is 0. The summed E-state index contributed by atoms with van der Waals surface area (Å²) in [6, 6.07) is 5.12. The third-order valence-electron chi connectivity index (χ3n) is 4.45. The molecule has 1 aromatic heterocycles. The highest BCUT2D eigenvalue weighted by Crippen LogP contribution is 2.23. The van der Waals surface area contributed by atoms with Crippen molar-refractivity contribution < 1.29 is 9.59 Å². The average molecular weight is 427 g/mol. The van der Waals surface area contributed by atoms with Gasteiger partial charge in [-0.1, -0.05) is 23.2 Å². The molecule has 0 spiro atoms. The summed E-state index contributed by atoms with van der Waals surface area (Å²) in [5.41, 5.74) is 0.643. The first-order chi connectivity index (χ1) is 12.8. The van der Waals surface area contributed by atoms with Crippen LogP contribution in [0, 0.1) is 0 Å². The Morgan fingerprint density at radius 3 is 2.52 bits per heavy atom. The Hall–Kier alpha value is -1.67. The number of nitrogens with zero attached hydrogens (tertiary/aromatic N) is 3. The summed E-state index contributed by atoms with van der Waals surface area (Å²) in [5, 5.41) is 5.42. The van der Waals surface area contributed by atoms with Crippen LogP contribution in [0.2, 0.25) is 10.0 Å². The minimum atomic E-state index is -0.393. The van der Waals surface area contributed by atoms with E-state index in [1.54, 1.807) is 22.4 Å². The van der Waals surface area contributed by atoms with Crippen LogP contribution in [0.15, 0.2) is 23.6 Å². The lowest BCUT2D eigenvalue weighted by Gasteiger charge is -2.36. The summed E-state index contributed by atoms with van der Waals surface area (Å²) >= 11 is 13.1. The quantitative estimate of drug-likeness (QED) is 0.805. The van der Waals surface area contributed by atoms with Crippen LogP contribution in [0.4, 0.5) is 5.13 Å². The molecule has 27 heavy (non-hydrogen) atoms. The third kappa shape index (κ3) is 4.79. The first kappa shape index (κ1) is 20.1. The van der Waals surface area contributed by atoms with Gasteiger partial charge in [-0.2, -0.15) is 0 Å². The maximum Gasteiger partial charge on any atom is 0.273 e. The van der Waals surface area contributed by atoms with E-state index in [9.17, 15) is 9.59 Å². The summed E-state index contributed by atoms with van der Waals surface area (Å²) in [5.74, 6) is -0.504. The third-order valence-corrected chi connectivity index (χ3v) is 5.76. The maximum atomic E-state index is 12.6. The molecular formula is C18H20Cl2N4O2S. The van der Waals surface area contributed by atoms with E-state index in [-0.39, 0.29) is 10.9 Å². The molecule has 0 bridgehead atoms. The summed E-state index contributed by atoms with van der Waals surface area (Å²) in [6.45, 7) is 7.37. The molecule has 0 atom stereocenters. The number of amides is 2. The minimum absolute atomic E-state index is 0.111. The van der Waals surface area contributed by atoms with E-state index < -0.39 is 5.91 Å². The second kappa shape index (κ2) is 8.56. The lowest BCUT2D eigenvalue weighted by Crippen LogP contribution is -2.50. The molecule has 1 N–H and O–H groups in total. The molecule has 9 heteroatoms. The first-order valence-corrected chi connectivity index (χ1v) is 10.2. The largest absolute Gasteiger partial charge is 0.335 e. The lowest BCUT2D eigenvalue weighted by atomic mass is 10.2. The van der Waals surface area contributed by atoms with Crippen LogP contribution in [-0.4, -0.2) is 58.8 Å². The van der Waals surface area contributed by atoms with Crippen molar-refractivity contribution in [2.45, 2.75) is 19.9 Å². The SMILES string of the molecule is CC(C)N1CCN(C(=O)c2csc(NC(=O)c3ccc(Cl)cc3Cl)n2)CC1. The van der Waals surface area contributed by atoms with Gasteiger partial charge in [0.2, 0.25) is 0 Å². The number of nitrogens with one attached hydrogen (secondary N) is 1. The average Bonchev–Trinajstić information content (AvgIpc) is 3.09. The van der Waals surface area contributed by atoms with Crippen molar-refractivity contribution in [1.82, 2.24) is 14.8 Å². The minimum Gasteiger partial charge on any atom is -0.335 e. The number of carbonyl (C=O) groups excluding carboxylic acids is 2. The van der Waals surface area contributed by atoms with Gasteiger partial charge in [-0.25, -0.2) is 4.98 Å². The summed E-state index contributed by atoms with van der Waals surface area (Å²) in [6.07, 6.45) is 0. The monoisotopic (exact) mass is 426 g/mol. The first-order valence-electron chi connectivity index (χ1n) is 8.60. The van der Waals surface area contributed by atoms with E-state index in [2.05, 4.69) is 29.0 Å². The normalized spacial score (nSPS) is 15.2. The van der Waals surface area contributed by atoms with Gasteiger partial charge >= 0.3 is 0 Å². The number of thiazole rings is 1. The summed E-state index contributed by atoms with van der Waals surface area (Å²) in [4.78, 5) is 33.4. The molecule has 144 valence electrons. The zero-order valence-electron chi connectivity index (χ0n) is 15.0. The van der Waals surface area contributed by atoms with Crippen LogP contribution in [-0.2, 0) is 0 Å². The molecule has 6 nitrogen and oxygen atoms in total. The highest BCUT2D eigenvalue weighted by Gasteiger charge is 2.25. The molecule has 2 aromatic rings. The van der Waals surface area contributed by atoms with E-state index in [0.29, 0.717) is 40.5 Å². The fourth-order valence-corrected chi connectivity index (χ4v) is 4.04. The molecule has 3 rings (SSSR count). The number of aromatic nitrogens is 1. The molecule has 0 radical (unpaired) electrons. The van der Waals surface area contributed by atoms with E-state index >= 15 is 0 Å². The number of halogens is 2. The lowest BCUT2D eigenvalue weighted by molar-refractivity contribution is 0.0590. The van der Waals surface area contributed by atoms with Crippen molar-refractivity contribution in [1.29, 1.82) is 0 Å². The van der Waals surface area contributed by atoms with Gasteiger partial charge in [0.15, 0.2) is 5.13 Å². The van der Waals surface area contributed by atoms with Crippen molar-refractivity contribution in [3.8, 4) is 0 Å². The van der Waals surface area contributed by atoms with Gasteiger partial charge in [-0.05, 0) is 32.0 Å². The van der Waals surface area contributed by atoms with Crippen LogP contribution < -0.4 is 5.32 Å². The molecule has 1 fully saturated rings. The highest BCUT2D eigenvalue weighted by atomic mass is 35.5. The molecule has 0 saturated carbocycles. The van der Waals surface area contributed by atoms with E-state index in [4.69, 9.17) is 23.2 Å². The van der Waals surface area contributed by atoms with Crippen LogP contribution in [0.5, 0.6) is 0 Å². The molecular weight excluding hydrogens is 407 g/mol. The van der Waals surface area contributed by atoms with E-state index in [0.717, 1.165) is 13.1 Å². The number of benzene rings is 1. The number of hydrogen-bond donors (Lipinski definition) is 1. The van der Waals surface area contributed by atoms with Crippen molar-refractivity contribution >= 4 is 51.5 Å². The Morgan fingerprint density at radius 1 is 1.19 bits per heavy atom. The Bertz CT molecular complexity index is 848. The summed E-state index contributed by atoms with van der Waals surface area (Å²) in [7, 11) is 0. The number of anilines is 1. The number of piperazine rings is 1. The zero-order chi connectivity index (χ0) is 19.6.